The highest BCUT2D eigenvalue weighted by Crippen LogP contribution is 2.37. The van der Waals surface area contributed by atoms with Gasteiger partial charge in [0, 0.05) is 40.1 Å². The molecule has 7 heteroatoms. The number of benzene rings is 14. The fourth-order valence-electron chi connectivity index (χ4n) is 12.4. The topological polar surface area (TPSA) is 64.6 Å². The quantitative estimate of drug-likeness (QED) is 0.152. The maximum absolute atomic E-state index is 5.65. The van der Waals surface area contributed by atoms with Crippen LogP contribution in [0.1, 0.15) is 227 Å². The Balaban J connectivity index is 0. The number of terminal acetylenes is 1. The monoisotopic (exact) mass is 1710 g/mol. The fourth-order valence-corrected chi connectivity index (χ4v) is 12.4. The highest BCUT2D eigenvalue weighted by molar-refractivity contribution is 5.95. The second-order valence-corrected chi connectivity index (χ2v) is 23.7. The average molecular weight is 1710 g/mol. The van der Waals surface area contributed by atoms with E-state index in [1.807, 2.05) is 267 Å². The zero-order valence-corrected chi connectivity index (χ0v) is 83.2. The van der Waals surface area contributed by atoms with Gasteiger partial charge in [-0.1, -0.05) is 449 Å². The Hall–Kier alpha value is -12.3. The maximum Gasteiger partial charge on any atom is 0.137 e. The molecule has 14 aromatic carbocycles. The van der Waals surface area contributed by atoms with Crippen molar-refractivity contribution >= 4 is 93.6 Å². The summed E-state index contributed by atoms with van der Waals surface area (Å²) < 4.78 is 37.7. The highest BCUT2D eigenvalue weighted by Gasteiger charge is 2.14. The molecule has 0 atom stereocenters. The number of methoxy groups -OCH3 is 1. The SMILES string of the molecule is C#CCOC.C1=COc2c(ccc3ccccc23)C1.C1=COc2cc3ccccc3cc2C1.C1=COc2ccc3ccccc3c2C1.C1=Cc2c(ccc3ccccc23)OC1.C1=Cc2cc3ccccc3cc2OC1.C1=Cc2ccc3ccccc3c2OC1.CC.CC.CC.CC.CC.CC.CC.CC.CC.CC.CC.CC.CC.CC.c1ccc2ccccc2c1. The van der Waals surface area contributed by atoms with Crippen LogP contribution in [-0.2, 0) is 24.0 Å². The summed E-state index contributed by atoms with van der Waals surface area (Å²) in [5.41, 5.74) is 7.39. The van der Waals surface area contributed by atoms with Gasteiger partial charge in [0.05, 0.1) is 18.8 Å². The van der Waals surface area contributed by atoms with Gasteiger partial charge in [0.1, 0.15) is 60.9 Å². The van der Waals surface area contributed by atoms with Gasteiger partial charge in [-0.25, -0.2) is 0 Å². The molecule has 0 bridgehead atoms. The molecule has 0 radical (unpaired) electrons. The van der Waals surface area contributed by atoms with Crippen LogP contribution < -0.4 is 28.4 Å². The summed E-state index contributed by atoms with van der Waals surface area (Å²) in [6, 6.07) is 92.2. The summed E-state index contributed by atoms with van der Waals surface area (Å²) >= 11 is 0. The van der Waals surface area contributed by atoms with Gasteiger partial charge in [0.15, 0.2) is 0 Å². The standard InChI is InChI=1S/6C13H10O.C10H8.C4H6O.14C2H6/c2*1-2-6-12-10(4-1)7-8-11-5-3-9-14-13(11)12;2*1-2-5-11-10(4-1)7-8-13-12(11)6-3-9-14-13;2*1-2-5-11-9-13-12(6-3-7-14-13)8-10(11)4-1;1-2-6-10-8-4-3-7-9(10)5-1;1-3-4-5-2;14*1-2/h1-4,6-9H,5H2;1-8H,9H2;1-5,7-9H,6H2;1-8H,9H2;1-5,7-9H,6H2;1-6,8-9H,7H2;1-8H;1H,4H2,2H3;14*1-2H3. The molecular weight excluding hydrogens is 1550 g/mol. The van der Waals surface area contributed by atoms with Crippen LogP contribution in [0.5, 0.6) is 34.5 Å². The first kappa shape index (κ1) is 117. The predicted octanol–water partition coefficient (Wildman–Crippen LogP) is 37.1. The molecular formula is C120H158O7. The second kappa shape index (κ2) is 77.2. The molecule has 6 aliphatic heterocycles. The molecule has 0 amide bonds. The van der Waals surface area contributed by atoms with E-state index in [4.69, 9.17) is 34.8 Å². The highest BCUT2D eigenvalue weighted by atomic mass is 16.5. The normalized spacial score (nSPS) is 10.8. The third kappa shape index (κ3) is 38.6. The number of allylic oxidation sites excluding steroid dienone is 3. The molecule has 0 fully saturated rings. The lowest BCUT2D eigenvalue weighted by Gasteiger charge is -2.14. The lowest BCUT2D eigenvalue weighted by molar-refractivity contribution is 0.240. The smallest absolute Gasteiger partial charge is 0.137 e. The Morgan fingerprint density at radius 3 is 1.09 bits per heavy atom. The zero-order chi connectivity index (χ0) is 95.2. The Morgan fingerprint density at radius 1 is 0.260 bits per heavy atom. The van der Waals surface area contributed by atoms with Crippen LogP contribution in [0.25, 0.3) is 93.6 Å². The molecule has 6 aliphatic rings. The van der Waals surface area contributed by atoms with Crippen molar-refractivity contribution in [1.82, 2.24) is 0 Å². The van der Waals surface area contributed by atoms with Crippen molar-refractivity contribution in [2.24, 2.45) is 0 Å². The third-order valence-electron chi connectivity index (χ3n) is 17.2. The van der Waals surface area contributed by atoms with E-state index >= 15 is 0 Å². The van der Waals surface area contributed by atoms with Crippen molar-refractivity contribution in [3.63, 3.8) is 0 Å². The molecule has 20 rings (SSSR count). The minimum atomic E-state index is 0.417. The van der Waals surface area contributed by atoms with Gasteiger partial charge in [-0.2, -0.15) is 0 Å². The van der Waals surface area contributed by atoms with Gasteiger partial charge in [0.2, 0.25) is 0 Å². The van der Waals surface area contributed by atoms with Crippen molar-refractivity contribution in [3.05, 3.63) is 356 Å². The van der Waals surface area contributed by atoms with Gasteiger partial charge < -0.3 is 33.2 Å². The molecule has 0 aromatic heterocycles. The van der Waals surface area contributed by atoms with Crippen LogP contribution in [0.3, 0.4) is 0 Å². The van der Waals surface area contributed by atoms with Crippen molar-refractivity contribution in [1.29, 1.82) is 0 Å². The lowest BCUT2D eigenvalue weighted by atomic mass is 10.0. The molecule has 127 heavy (non-hydrogen) atoms. The van der Waals surface area contributed by atoms with Crippen LogP contribution in [0.4, 0.5) is 0 Å². The van der Waals surface area contributed by atoms with Gasteiger partial charge in [0.25, 0.3) is 0 Å². The zero-order valence-electron chi connectivity index (χ0n) is 83.2. The van der Waals surface area contributed by atoms with Crippen molar-refractivity contribution in [2.45, 2.75) is 213 Å². The Kier molecular flexibility index (Phi) is 71.0. The van der Waals surface area contributed by atoms with E-state index in [2.05, 4.69) is 259 Å². The Morgan fingerprint density at radius 2 is 0.598 bits per heavy atom. The molecule has 0 aliphatic carbocycles. The maximum atomic E-state index is 5.65. The van der Waals surface area contributed by atoms with E-state index in [0.29, 0.717) is 26.4 Å². The van der Waals surface area contributed by atoms with Crippen molar-refractivity contribution in [2.75, 3.05) is 33.5 Å². The van der Waals surface area contributed by atoms with Crippen molar-refractivity contribution < 1.29 is 33.2 Å². The molecule has 0 unspecified atom stereocenters. The molecule has 14 aromatic rings. The fraction of sp³-hybridized carbons (Fsp3) is 0.300. The van der Waals surface area contributed by atoms with E-state index in [1.54, 1.807) is 25.9 Å². The number of ether oxygens (including phenoxy) is 7. The first-order chi connectivity index (χ1) is 63.0. The molecule has 680 valence electrons. The average Bonchev–Trinajstić information content (AvgIpc) is 0.816. The van der Waals surface area contributed by atoms with E-state index in [0.717, 1.165) is 53.8 Å². The summed E-state index contributed by atoms with van der Waals surface area (Å²) in [5, 5.41) is 17.6. The first-order valence-corrected chi connectivity index (χ1v) is 47.3. The number of fused-ring (bicyclic) bond motifs is 17. The van der Waals surface area contributed by atoms with Crippen LogP contribution in [-0.4, -0.2) is 33.5 Å². The Labute approximate surface area is 771 Å². The second-order valence-electron chi connectivity index (χ2n) is 23.7. The largest absolute Gasteiger partial charge is 0.489 e. The minimum absolute atomic E-state index is 0.417. The van der Waals surface area contributed by atoms with Crippen LogP contribution in [0.15, 0.2) is 322 Å². The van der Waals surface area contributed by atoms with E-state index < -0.39 is 0 Å². The molecule has 6 heterocycles. The number of rotatable bonds is 1. The van der Waals surface area contributed by atoms with Crippen LogP contribution in [0, 0.1) is 12.3 Å². The summed E-state index contributed by atoms with van der Waals surface area (Å²) in [5.74, 6) is 8.30. The van der Waals surface area contributed by atoms with E-state index in [1.165, 1.54) is 109 Å². The van der Waals surface area contributed by atoms with Crippen LogP contribution in [0.2, 0.25) is 0 Å². The lowest BCUT2D eigenvalue weighted by Crippen LogP contribution is -2.00. The predicted molar refractivity (Wildman–Crippen MR) is 571 cm³/mol. The Bertz CT molecular complexity index is 5160. The first-order valence-electron chi connectivity index (χ1n) is 47.3. The van der Waals surface area contributed by atoms with Crippen molar-refractivity contribution in [3.8, 4) is 46.8 Å². The van der Waals surface area contributed by atoms with Gasteiger partial charge in [-0.15, -0.1) is 6.42 Å². The summed E-state index contributed by atoms with van der Waals surface area (Å²) in [6.07, 6.45) is 31.6. The molecule has 0 saturated heterocycles. The van der Waals surface area contributed by atoms with Gasteiger partial charge >= 0.3 is 0 Å². The minimum Gasteiger partial charge on any atom is -0.489 e. The summed E-state index contributed by atoms with van der Waals surface area (Å²) in [4.78, 5) is 0. The van der Waals surface area contributed by atoms with Gasteiger partial charge in [-0.05, 0) is 168 Å². The van der Waals surface area contributed by atoms with E-state index in [9.17, 15) is 0 Å². The molecule has 0 saturated carbocycles. The number of hydrogen-bond donors (Lipinski definition) is 0. The summed E-state index contributed by atoms with van der Waals surface area (Å²) in [7, 11) is 1.57. The van der Waals surface area contributed by atoms with Gasteiger partial charge in [-0.3, -0.25) is 0 Å². The van der Waals surface area contributed by atoms with Crippen LogP contribution >= 0.6 is 0 Å². The molecule has 0 spiro atoms. The third-order valence-corrected chi connectivity index (χ3v) is 17.2. The number of hydrogen-bond acceptors (Lipinski definition) is 7. The molecule has 7 nitrogen and oxygen atoms in total. The van der Waals surface area contributed by atoms with E-state index in [-0.39, 0.29) is 0 Å². The molecule has 0 N–H and O–H groups in total. The summed E-state index contributed by atoms with van der Waals surface area (Å²) in [6.45, 7) is 58.5.